The minimum absolute atomic E-state index is 0.200. The van der Waals surface area contributed by atoms with Gasteiger partial charge in [0.05, 0.1) is 0 Å². The van der Waals surface area contributed by atoms with Crippen molar-refractivity contribution in [3.63, 3.8) is 0 Å². The van der Waals surface area contributed by atoms with Gasteiger partial charge in [-0.1, -0.05) is 30.0 Å². The Morgan fingerprint density at radius 3 is 1.89 bits per heavy atom. The molecule has 0 aliphatic heterocycles. The summed E-state index contributed by atoms with van der Waals surface area (Å²) in [6, 6.07) is 9.97. The summed E-state index contributed by atoms with van der Waals surface area (Å²) in [5, 5.41) is -0.407. The Kier molecular flexibility index (Phi) is 7.19. The molecule has 4 nitrogen and oxygen atoms in total. The largest absolute Gasteiger partial charge is 0.451 e. The van der Waals surface area contributed by atoms with E-state index in [9.17, 15) is 26.3 Å². The lowest BCUT2D eigenvalue weighted by atomic mass is 10.3. The Bertz CT molecular complexity index is 891. The molecule has 2 heterocycles. The number of alkyl halides is 6. The molecule has 2 aromatic heterocycles. The van der Waals surface area contributed by atoms with Gasteiger partial charge in [-0.25, -0.2) is 19.9 Å². The molecule has 0 N–H and O–H groups in total. The number of hydrogen-bond donors (Lipinski definition) is 0. The van der Waals surface area contributed by atoms with Crippen LogP contribution in [-0.4, -0.2) is 19.9 Å². The molecule has 1 aromatic carbocycles. The Morgan fingerprint density at radius 2 is 1.39 bits per heavy atom. The van der Waals surface area contributed by atoms with Crippen molar-refractivity contribution in [1.82, 2.24) is 19.9 Å². The molecular formula is C16H9ClF6N4S. The van der Waals surface area contributed by atoms with E-state index in [0.29, 0.717) is 11.1 Å². The Morgan fingerprint density at radius 1 is 0.786 bits per heavy atom. The SMILES string of the molecule is FC(F)(F)c1cnc(Cl)nc1Sc1ccccc1.FC(F)(F)c1ncccn1. The molecule has 3 rings (SSSR count). The van der Waals surface area contributed by atoms with Crippen molar-refractivity contribution >= 4 is 23.4 Å². The van der Waals surface area contributed by atoms with Gasteiger partial charge in [0.2, 0.25) is 11.1 Å². The summed E-state index contributed by atoms with van der Waals surface area (Å²) in [7, 11) is 0. The summed E-state index contributed by atoms with van der Waals surface area (Å²) >= 11 is 6.43. The highest BCUT2D eigenvalue weighted by Gasteiger charge is 2.35. The smallest absolute Gasteiger partial charge is 0.233 e. The predicted octanol–water partition coefficient (Wildman–Crippen LogP) is 5.80. The zero-order chi connectivity index (χ0) is 20.8. The standard InChI is InChI=1S/C11H6ClF3N2S.C5H3F3N2/c12-10-16-6-8(11(13,14)15)9(17-10)18-7-4-2-1-3-5-7;6-5(7,8)4-9-2-1-3-10-4/h1-6H;1-3H. The van der Waals surface area contributed by atoms with Crippen LogP contribution in [0.15, 0.2) is 64.9 Å². The fourth-order valence-corrected chi connectivity index (χ4v) is 2.77. The van der Waals surface area contributed by atoms with Gasteiger partial charge in [0.15, 0.2) is 0 Å². The van der Waals surface area contributed by atoms with Crippen molar-refractivity contribution in [2.24, 2.45) is 0 Å². The summed E-state index contributed by atoms with van der Waals surface area (Å²) < 4.78 is 73.2. The third kappa shape index (κ3) is 6.64. The summed E-state index contributed by atoms with van der Waals surface area (Å²) in [5.41, 5.74) is -0.888. The molecule has 0 aliphatic carbocycles. The van der Waals surface area contributed by atoms with Gasteiger partial charge < -0.3 is 0 Å². The highest BCUT2D eigenvalue weighted by Crippen LogP contribution is 2.38. The van der Waals surface area contributed by atoms with Crippen molar-refractivity contribution < 1.29 is 26.3 Å². The molecule has 12 heteroatoms. The lowest BCUT2D eigenvalue weighted by Crippen LogP contribution is -2.09. The van der Waals surface area contributed by atoms with E-state index >= 15 is 0 Å². The van der Waals surface area contributed by atoms with Gasteiger partial charge in [-0.2, -0.15) is 26.3 Å². The number of nitrogens with zero attached hydrogens (tertiary/aromatic N) is 4. The van der Waals surface area contributed by atoms with Crippen molar-refractivity contribution in [3.8, 4) is 0 Å². The third-order valence-corrected chi connectivity index (χ3v) is 4.00. The second kappa shape index (κ2) is 9.20. The van der Waals surface area contributed by atoms with E-state index in [1.807, 2.05) is 0 Å². The predicted molar refractivity (Wildman–Crippen MR) is 89.6 cm³/mol. The van der Waals surface area contributed by atoms with Gasteiger partial charge in [-0.05, 0) is 29.8 Å². The second-order valence-electron chi connectivity index (χ2n) is 4.84. The molecule has 28 heavy (non-hydrogen) atoms. The molecule has 0 atom stereocenters. The number of hydrogen-bond acceptors (Lipinski definition) is 5. The van der Waals surface area contributed by atoms with Crippen LogP contribution < -0.4 is 0 Å². The summed E-state index contributed by atoms with van der Waals surface area (Å²) in [6.45, 7) is 0. The maximum absolute atomic E-state index is 12.7. The maximum Gasteiger partial charge on any atom is 0.451 e. The molecule has 0 radical (unpaired) electrons. The quantitative estimate of drug-likeness (QED) is 0.288. The van der Waals surface area contributed by atoms with Crippen molar-refractivity contribution in [2.45, 2.75) is 22.3 Å². The van der Waals surface area contributed by atoms with Crippen LogP contribution in [-0.2, 0) is 12.4 Å². The second-order valence-corrected chi connectivity index (χ2v) is 6.24. The first-order valence-corrected chi connectivity index (χ1v) is 8.43. The minimum atomic E-state index is -4.50. The zero-order valence-electron chi connectivity index (χ0n) is 13.5. The van der Waals surface area contributed by atoms with E-state index in [1.54, 1.807) is 30.3 Å². The Balaban J connectivity index is 0.000000237. The normalized spacial score (nSPS) is 11.5. The number of halogens is 7. The lowest BCUT2D eigenvalue weighted by Gasteiger charge is -2.10. The molecular weight excluding hydrogens is 430 g/mol. The number of rotatable bonds is 2. The van der Waals surface area contributed by atoms with Crippen molar-refractivity contribution in [1.29, 1.82) is 0 Å². The number of benzene rings is 1. The van der Waals surface area contributed by atoms with Crippen LogP contribution in [0.5, 0.6) is 0 Å². The van der Waals surface area contributed by atoms with Crippen LogP contribution in [0.25, 0.3) is 0 Å². The van der Waals surface area contributed by atoms with Gasteiger partial charge >= 0.3 is 12.4 Å². The van der Waals surface area contributed by atoms with E-state index < -0.39 is 23.7 Å². The summed E-state index contributed by atoms with van der Waals surface area (Å²) in [4.78, 5) is 13.7. The molecule has 0 amide bonds. The van der Waals surface area contributed by atoms with Crippen LogP contribution in [0, 0.1) is 0 Å². The first-order chi connectivity index (χ1) is 13.1. The molecule has 0 bridgehead atoms. The highest BCUT2D eigenvalue weighted by atomic mass is 35.5. The Hall–Kier alpha value is -2.40. The van der Waals surface area contributed by atoms with Gasteiger partial charge in [0.25, 0.3) is 0 Å². The van der Waals surface area contributed by atoms with Crippen LogP contribution >= 0.6 is 23.4 Å². The van der Waals surface area contributed by atoms with E-state index in [4.69, 9.17) is 11.6 Å². The molecule has 0 saturated heterocycles. The minimum Gasteiger partial charge on any atom is -0.233 e. The molecule has 0 fully saturated rings. The molecule has 3 aromatic rings. The van der Waals surface area contributed by atoms with E-state index in [1.165, 1.54) is 6.07 Å². The Labute approximate surface area is 164 Å². The van der Waals surface area contributed by atoms with Crippen LogP contribution in [0.3, 0.4) is 0 Å². The average Bonchev–Trinajstić information content (AvgIpc) is 2.62. The topological polar surface area (TPSA) is 51.6 Å². The molecule has 0 spiro atoms. The highest BCUT2D eigenvalue weighted by molar-refractivity contribution is 7.99. The molecule has 0 aliphatic rings. The van der Waals surface area contributed by atoms with Crippen molar-refractivity contribution in [2.75, 3.05) is 0 Å². The molecule has 0 saturated carbocycles. The van der Waals surface area contributed by atoms with Gasteiger partial charge in [0, 0.05) is 23.5 Å². The summed E-state index contributed by atoms with van der Waals surface area (Å²) in [5.74, 6) is -1.10. The van der Waals surface area contributed by atoms with Crippen LogP contribution in [0.1, 0.15) is 11.4 Å². The molecule has 148 valence electrons. The fraction of sp³-hybridized carbons (Fsp3) is 0.125. The van der Waals surface area contributed by atoms with Gasteiger partial charge in [-0.3, -0.25) is 0 Å². The van der Waals surface area contributed by atoms with Crippen LogP contribution in [0.4, 0.5) is 26.3 Å². The number of aromatic nitrogens is 4. The summed E-state index contributed by atoms with van der Waals surface area (Å²) in [6.07, 6.45) is -6.13. The monoisotopic (exact) mass is 438 g/mol. The average molecular weight is 439 g/mol. The first-order valence-electron chi connectivity index (χ1n) is 7.24. The third-order valence-electron chi connectivity index (χ3n) is 2.81. The van der Waals surface area contributed by atoms with E-state index in [-0.39, 0.29) is 10.3 Å². The van der Waals surface area contributed by atoms with Gasteiger partial charge in [-0.15, -0.1) is 0 Å². The van der Waals surface area contributed by atoms with E-state index in [0.717, 1.165) is 24.2 Å². The van der Waals surface area contributed by atoms with E-state index in [2.05, 4.69) is 19.9 Å². The first kappa shape index (κ1) is 21.9. The lowest BCUT2D eigenvalue weighted by molar-refractivity contribution is -0.145. The van der Waals surface area contributed by atoms with Crippen molar-refractivity contribution in [3.05, 3.63) is 71.7 Å². The zero-order valence-corrected chi connectivity index (χ0v) is 15.1. The fourth-order valence-electron chi connectivity index (χ4n) is 1.66. The van der Waals surface area contributed by atoms with Crippen LogP contribution in [0.2, 0.25) is 5.28 Å². The molecule has 0 unspecified atom stereocenters. The van der Waals surface area contributed by atoms with Gasteiger partial charge in [0.1, 0.15) is 10.6 Å². The maximum atomic E-state index is 12.7.